The number of carbonyl (C=O) groups excluding carboxylic acids is 1. The first-order chi connectivity index (χ1) is 12.0. The maximum Gasteiger partial charge on any atom is 0.341 e. The van der Waals surface area contributed by atoms with Crippen molar-refractivity contribution >= 4 is 28.7 Å². The minimum Gasteiger partial charge on any atom is -0.449 e. The van der Waals surface area contributed by atoms with E-state index in [2.05, 4.69) is 10.2 Å². The van der Waals surface area contributed by atoms with Crippen LogP contribution in [0.5, 0.6) is 0 Å². The number of nitrogens with two attached hydrogens (primary N) is 1. The molecule has 0 fully saturated rings. The molecule has 3 rings (SSSR count). The minimum absolute atomic E-state index is 0.0765. The summed E-state index contributed by atoms with van der Waals surface area (Å²) < 4.78 is 10.7. The van der Waals surface area contributed by atoms with Crippen LogP contribution in [0.4, 0.5) is 11.4 Å². The van der Waals surface area contributed by atoms with Gasteiger partial charge in [-0.15, -0.1) is 21.5 Å². The Kier molecular flexibility index (Phi) is 4.44. The highest BCUT2D eigenvalue weighted by atomic mass is 32.1. The van der Waals surface area contributed by atoms with E-state index in [0.29, 0.717) is 5.89 Å². The maximum absolute atomic E-state index is 12.2. The molecule has 0 aliphatic rings. The number of rotatable bonds is 5. The van der Waals surface area contributed by atoms with Gasteiger partial charge < -0.3 is 14.9 Å². The predicted molar refractivity (Wildman–Crippen MR) is 89.0 cm³/mol. The molecule has 2 aromatic heterocycles. The van der Waals surface area contributed by atoms with Gasteiger partial charge >= 0.3 is 5.97 Å². The molecule has 1 atom stereocenters. The van der Waals surface area contributed by atoms with Crippen LogP contribution < -0.4 is 5.73 Å². The van der Waals surface area contributed by atoms with Gasteiger partial charge in [0.15, 0.2) is 6.10 Å². The van der Waals surface area contributed by atoms with E-state index in [1.54, 1.807) is 6.92 Å². The third kappa shape index (κ3) is 3.48. The number of anilines is 1. The van der Waals surface area contributed by atoms with Gasteiger partial charge in [0.25, 0.3) is 17.5 Å². The van der Waals surface area contributed by atoms with Crippen molar-refractivity contribution in [2.75, 3.05) is 5.73 Å². The van der Waals surface area contributed by atoms with Gasteiger partial charge in [0, 0.05) is 17.8 Å². The Bertz CT molecular complexity index is 922. The Morgan fingerprint density at radius 2 is 2.20 bits per heavy atom. The number of esters is 1. The Labute approximate surface area is 145 Å². The van der Waals surface area contributed by atoms with Crippen LogP contribution in [0, 0.1) is 10.1 Å². The van der Waals surface area contributed by atoms with Crippen LogP contribution in [0.25, 0.3) is 10.8 Å². The summed E-state index contributed by atoms with van der Waals surface area (Å²) in [6, 6.07) is 7.22. The SMILES string of the molecule is C[C@@H](OC(=O)c1cc([N+](=O)[O-])ccc1N)c1nnc(-c2cccs2)o1. The molecule has 0 aliphatic heterocycles. The lowest BCUT2D eigenvalue weighted by molar-refractivity contribution is -0.384. The number of nitro groups is 1. The second-order valence-electron chi connectivity index (χ2n) is 5.00. The van der Waals surface area contributed by atoms with Crippen molar-refractivity contribution in [2.24, 2.45) is 0 Å². The Balaban J connectivity index is 1.77. The molecular weight excluding hydrogens is 348 g/mol. The molecule has 0 amide bonds. The number of nitrogens with zero attached hydrogens (tertiary/aromatic N) is 3. The van der Waals surface area contributed by atoms with Gasteiger partial charge in [-0.2, -0.15) is 0 Å². The zero-order valence-corrected chi connectivity index (χ0v) is 13.7. The molecule has 0 unspecified atom stereocenters. The average Bonchev–Trinajstić information content (AvgIpc) is 3.26. The van der Waals surface area contributed by atoms with Crippen molar-refractivity contribution in [3.8, 4) is 10.8 Å². The maximum atomic E-state index is 12.2. The Morgan fingerprint density at radius 3 is 2.88 bits per heavy atom. The largest absolute Gasteiger partial charge is 0.449 e. The quantitative estimate of drug-likeness (QED) is 0.317. The number of ether oxygens (including phenoxy) is 1. The van der Waals surface area contributed by atoms with Gasteiger partial charge in [-0.25, -0.2) is 4.79 Å². The van der Waals surface area contributed by atoms with Crippen molar-refractivity contribution in [3.05, 3.63) is 57.3 Å². The number of thiophene rings is 1. The summed E-state index contributed by atoms with van der Waals surface area (Å²) in [5.74, 6) is -0.381. The molecule has 9 nitrogen and oxygen atoms in total. The van der Waals surface area contributed by atoms with Crippen molar-refractivity contribution in [1.82, 2.24) is 10.2 Å². The van der Waals surface area contributed by atoms with Crippen LogP contribution in [0.2, 0.25) is 0 Å². The summed E-state index contributed by atoms with van der Waals surface area (Å²) in [5, 5.41) is 20.5. The molecule has 3 aromatic rings. The molecule has 128 valence electrons. The number of hydrogen-bond acceptors (Lipinski definition) is 9. The highest BCUT2D eigenvalue weighted by Crippen LogP contribution is 2.27. The van der Waals surface area contributed by atoms with E-state index in [1.165, 1.54) is 23.5 Å². The zero-order chi connectivity index (χ0) is 18.0. The smallest absolute Gasteiger partial charge is 0.341 e. The fraction of sp³-hybridized carbons (Fsp3) is 0.133. The number of benzene rings is 1. The van der Waals surface area contributed by atoms with Crippen molar-refractivity contribution in [2.45, 2.75) is 13.0 Å². The van der Waals surface area contributed by atoms with E-state index in [4.69, 9.17) is 14.9 Å². The monoisotopic (exact) mass is 360 g/mol. The van der Waals surface area contributed by atoms with Crippen LogP contribution >= 0.6 is 11.3 Å². The summed E-state index contributed by atoms with van der Waals surface area (Å²) in [7, 11) is 0. The van der Waals surface area contributed by atoms with E-state index in [-0.39, 0.29) is 22.8 Å². The van der Waals surface area contributed by atoms with Crippen molar-refractivity contribution < 1.29 is 18.9 Å². The summed E-state index contributed by atoms with van der Waals surface area (Å²) in [6.45, 7) is 1.55. The van der Waals surface area contributed by atoms with E-state index >= 15 is 0 Å². The molecule has 2 N–H and O–H groups in total. The summed E-state index contributed by atoms with van der Waals surface area (Å²) in [4.78, 5) is 23.2. The number of non-ortho nitro benzene ring substituents is 1. The standard InChI is InChI=1S/C15H12N4O5S/c1-8(13-17-18-14(24-13)12-3-2-6-25-12)23-15(20)10-7-9(19(21)22)4-5-11(10)16/h2-8H,16H2,1H3/t8-/m1/s1. The predicted octanol–water partition coefficient (Wildman–Crippen LogP) is 3.21. The van der Waals surface area contributed by atoms with Gasteiger partial charge in [-0.3, -0.25) is 10.1 Å². The van der Waals surface area contributed by atoms with Gasteiger partial charge in [0.05, 0.1) is 15.4 Å². The zero-order valence-electron chi connectivity index (χ0n) is 12.9. The molecule has 1 aromatic carbocycles. The molecule has 0 spiro atoms. The second-order valence-corrected chi connectivity index (χ2v) is 5.95. The van der Waals surface area contributed by atoms with Crippen molar-refractivity contribution in [1.29, 1.82) is 0 Å². The number of nitro benzene ring substituents is 1. The molecular formula is C15H12N4O5S. The first-order valence-corrected chi connectivity index (χ1v) is 7.96. The molecule has 0 saturated carbocycles. The number of hydrogen-bond donors (Lipinski definition) is 1. The minimum atomic E-state index is -0.840. The normalized spacial score (nSPS) is 11.9. The van der Waals surface area contributed by atoms with Crippen molar-refractivity contribution in [3.63, 3.8) is 0 Å². The molecule has 2 heterocycles. The summed E-state index contributed by atoms with van der Waals surface area (Å²) in [5.41, 5.74) is 5.42. The highest BCUT2D eigenvalue weighted by Gasteiger charge is 2.23. The lowest BCUT2D eigenvalue weighted by atomic mass is 10.1. The third-order valence-electron chi connectivity index (χ3n) is 3.27. The number of aromatic nitrogens is 2. The lowest BCUT2D eigenvalue weighted by Gasteiger charge is -2.10. The van der Waals surface area contributed by atoms with Crippen LogP contribution in [-0.2, 0) is 4.74 Å². The topological polar surface area (TPSA) is 134 Å². The molecule has 0 aliphatic carbocycles. The van der Waals surface area contributed by atoms with Gasteiger partial charge in [0.2, 0.25) is 0 Å². The van der Waals surface area contributed by atoms with Crippen LogP contribution in [-0.4, -0.2) is 21.1 Å². The molecule has 0 saturated heterocycles. The van der Waals surface area contributed by atoms with E-state index in [0.717, 1.165) is 10.9 Å². The fourth-order valence-corrected chi connectivity index (χ4v) is 2.65. The number of carbonyl (C=O) groups is 1. The molecule has 0 bridgehead atoms. The highest BCUT2D eigenvalue weighted by molar-refractivity contribution is 7.13. The van der Waals surface area contributed by atoms with E-state index < -0.39 is 17.0 Å². The van der Waals surface area contributed by atoms with E-state index in [1.807, 2.05) is 17.5 Å². The van der Waals surface area contributed by atoms with Gasteiger partial charge in [-0.05, 0) is 24.4 Å². The van der Waals surface area contributed by atoms with Crippen LogP contribution in [0.3, 0.4) is 0 Å². The fourth-order valence-electron chi connectivity index (χ4n) is 2.01. The molecule has 10 heteroatoms. The summed E-state index contributed by atoms with van der Waals surface area (Å²) >= 11 is 1.43. The molecule has 0 radical (unpaired) electrons. The first-order valence-electron chi connectivity index (χ1n) is 7.08. The van der Waals surface area contributed by atoms with Crippen LogP contribution in [0.1, 0.15) is 29.3 Å². The average molecular weight is 360 g/mol. The van der Waals surface area contributed by atoms with Crippen LogP contribution in [0.15, 0.2) is 40.1 Å². The number of nitrogen functional groups attached to an aromatic ring is 1. The Morgan fingerprint density at radius 1 is 1.40 bits per heavy atom. The Hall–Kier alpha value is -3.27. The lowest BCUT2D eigenvalue weighted by Crippen LogP contribution is -2.12. The first kappa shape index (κ1) is 16.6. The second kappa shape index (κ2) is 6.69. The van der Waals surface area contributed by atoms with E-state index in [9.17, 15) is 14.9 Å². The molecule has 25 heavy (non-hydrogen) atoms. The van der Waals surface area contributed by atoms with Gasteiger partial charge in [-0.1, -0.05) is 6.07 Å². The summed E-state index contributed by atoms with van der Waals surface area (Å²) in [6.07, 6.45) is -0.840. The third-order valence-corrected chi connectivity index (χ3v) is 4.13. The van der Waals surface area contributed by atoms with Gasteiger partial charge in [0.1, 0.15) is 0 Å².